The summed E-state index contributed by atoms with van der Waals surface area (Å²) >= 11 is 0. The smallest absolute Gasteiger partial charge is 0.160 e. The molecular weight excluding hydrogens is 204 g/mol. The third kappa shape index (κ3) is 2.73. The van der Waals surface area contributed by atoms with Crippen molar-refractivity contribution >= 4 is 5.78 Å². The van der Waals surface area contributed by atoms with Gasteiger partial charge in [-0.3, -0.25) is 0 Å². The number of hydrogen-bond acceptors (Lipinski definition) is 6. The number of ether oxygens (including phenoxy) is 1. The highest BCUT2D eigenvalue weighted by Crippen LogP contribution is 2.27. The molecule has 0 aromatic heterocycles. The molecule has 0 aromatic rings. The zero-order valence-electron chi connectivity index (χ0n) is 8.41. The molecule has 2 unspecified atom stereocenters. The molecule has 1 aliphatic heterocycles. The molecule has 0 radical (unpaired) electrons. The van der Waals surface area contributed by atoms with Gasteiger partial charge in [0, 0.05) is 12.3 Å². The second kappa shape index (κ2) is 5.00. The Kier molecular flexibility index (Phi) is 4.18. The standard InChI is InChI=1S/C9H16O6/c1-4(11)2-5-7(12)8(13)6(3-10)15-9(5)14/h5-10,12-14H,2-3H2,1H3/t5?,6?,7-,8+,9-/m1/s1. The normalized spacial score (nSPS) is 41.5. The summed E-state index contributed by atoms with van der Waals surface area (Å²) in [4.78, 5) is 10.9. The monoisotopic (exact) mass is 220 g/mol. The molecular formula is C9H16O6. The van der Waals surface area contributed by atoms with Gasteiger partial charge in [0.2, 0.25) is 0 Å². The van der Waals surface area contributed by atoms with Gasteiger partial charge in [0.05, 0.1) is 12.7 Å². The van der Waals surface area contributed by atoms with Crippen LogP contribution in [-0.2, 0) is 9.53 Å². The van der Waals surface area contributed by atoms with Gasteiger partial charge in [-0.25, -0.2) is 0 Å². The molecule has 1 fully saturated rings. The molecule has 88 valence electrons. The Morgan fingerprint density at radius 2 is 1.87 bits per heavy atom. The predicted molar refractivity (Wildman–Crippen MR) is 48.8 cm³/mol. The fourth-order valence-electron chi connectivity index (χ4n) is 1.71. The van der Waals surface area contributed by atoms with Crippen molar-refractivity contribution < 1.29 is 30.0 Å². The van der Waals surface area contributed by atoms with Crippen molar-refractivity contribution in [2.75, 3.05) is 6.61 Å². The summed E-state index contributed by atoms with van der Waals surface area (Å²) in [6, 6.07) is 0. The molecule has 1 saturated heterocycles. The maximum Gasteiger partial charge on any atom is 0.160 e. The lowest BCUT2D eigenvalue weighted by atomic mass is 9.87. The minimum atomic E-state index is -1.34. The highest BCUT2D eigenvalue weighted by molar-refractivity contribution is 5.75. The maximum absolute atomic E-state index is 10.9. The van der Waals surface area contributed by atoms with Gasteiger partial charge in [0.15, 0.2) is 6.29 Å². The molecule has 0 aliphatic carbocycles. The van der Waals surface area contributed by atoms with E-state index >= 15 is 0 Å². The summed E-state index contributed by atoms with van der Waals surface area (Å²) in [7, 11) is 0. The lowest BCUT2D eigenvalue weighted by molar-refractivity contribution is -0.269. The van der Waals surface area contributed by atoms with Crippen LogP contribution in [0.2, 0.25) is 0 Å². The molecule has 1 rings (SSSR count). The van der Waals surface area contributed by atoms with Crippen molar-refractivity contribution in [3.63, 3.8) is 0 Å². The molecule has 6 heteroatoms. The number of aliphatic hydroxyl groups is 4. The van der Waals surface area contributed by atoms with Crippen molar-refractivity contribution in [1.82, 2.24) is 0 Å². The minimum absolute atomic E-state index is 0.0719. The molecule has 6 nitrogen and oxygen atoms in total. The van der Waals surface area contributed by atoms with E-state index in [-0.39, 0.29) is 12.2 Å². The first-order valence-corrected chi connectivity index (χ1v) is 4.77. The topological polar surface area (TPSA) is 107 Å². The van der Waals surface area contributed by atoms with Gasteiger partial charge in [0.25, 0.3) is 0 Å². The fraction of sp³-hybridized carbons (Fsp3) is 0.889. The van der Waals surface area contributed by atoms with E-state index in [1.165, 1.54) is 6.92 Å². The predicted octanol–water partition coefficient (Wildman–Crippen LogP) is -1.99. The number of Topliss-reactive ketones (excluding diaryl/α,β-unsaturated/α-hetero) is 1. The zero-order valence-corrected chi connectivity index (χ0v) is 8.41. The Morgan fingerprint density at radius 1 is 1.27 bits per heavy atom. The van der Waals surface area contributed by atoms with E-state index in [0.717, 1.165) is 0 Å². The first-order valence-electron chi connectivity index (χ1n) is 4.77. The van der Waals surface area contributed by atoms with Gasteiger partial charge in [-0.15, -0.1) is 0 Å². The number of carbonyl (C=O) groups excluding carboxylic acids is 1. The summed E-state index contributed by atoms with van der Waals surface area (Å²) in [5, 5.41) is 37.3. The van der Waals surface area contributed by atoms with E-state index in [1.54, 1.807) is 0 Å². The summed E-state index contributed by atoms with van der Waals surface area (Å²) < 4.78 is 4.87. The highest BCUT2D eigenvalue weighted by Gasteiger charge is 2.43. The molecule has 0 saturated carbocycles. The van der Waals surface area contributed by atoms with E-state index in [9.17, 15) is 20.1 Å². The third-order valence-corrected chi connectivity index (χ3v) is 2.55. The van der Waals surface area contributed by atoms with Crippen LogP contribution in [0.1, 0.15) is 13.3 Å². The SMILES string of the molecule is CC(=O)CC1[C@H](O)OC(CO)[C@H](O)[C@@H]1O. The lowest BCUT2D eigenvalue weighted by Crippen LogP contribution is -2.55. The van der Waals surface area contributed by atoms with Gasteiger partial charge in [0.1, 0.15) is 18.0 Å². The first-order chi connectivity index (χ1) is 6.97. The van der Waals surface area contributed by atoms with Crippen LogP contribution in [0.5, 0.6) is 0 Å². The Morgan fingerprint density at radius 3 is 2.33 bits per heavy atom. The molecule has 1 heterocycles. The van der Waals surface area contributed by atoms with Crippen LogP contribution in [0.4, 0.5) is 0 Å². The number of ketones is 1. The van der Waals surface area contributed by atoms with Gasteiger partial charge < -0.3 is 30.0 Å². The Labute approximate surface area is 87.1 Å². The van der Waals surface area contributed by atoms with Gasteiger partial charge >= 0.3 is 0 Å². The number of rotatable bonds is 3. The van der Waals surface area contributed by atoms with Crippen molar-refractivity contribution in [3.8, 4) is 0 Å². The Hall–Kier alpha value is -0.530. The average Bonchev–Trinajstić information content (AvgIpc) is 2.18. The van der Waals surface area contributed by atoms with Crippen molar-refractivity contribution in [3.05, 3.63) is 0 Å². The second-order valence-electron chi connectivity index (χ2n) is 3.80. The summed E-state index contributed by atoms with van der Waals surface area (Å²) in [5.74, 6) is -1.06. The maximum atomic E-state index is 10.9. The van der Waals surface area contributed by atoms with Crippen LogP contribution in [0.15, 0.2) is 0 Å². The number of hydrogen-bond donors (Lipinski definition) is 4. The largest absolute Gasteiger partial charge is 0.394 e. The molecule has 0 spiro atoms. The number of aliphatic hydroxyl groups excluding tert-OH is 4. The van der Waals surface area contributed by atoms with Crippen LogP contribution in [0, 0.1) is 5.92 Å². The fourth-order valence-corrected chi connectivity index (χ4v) is 1.71. The Bertz CT molecular complexity index is 231. The first kappa shape index (κ1) is 12.5. The molecule has 0 aromatic carbocycles. The second-order valence-corrected chi connectivity index (χ2v) is 3.80. The van der Waals surface area contributed by atoms with E-state index < -0.39 is 37.1 Å². The van der Waals surface area contributed by atoms with E-state index in [1.807, 2.05) is 0 Å². The van der Waals surface area contributed by atoms with E-state index in [4.69, 9.17) is 9.84 Å². The van der Waals surface area contributed by atoms with Gasteiger partial charge in [-0.2, -0.15) is 0 Å². The van der Waals surface area contributed by atoms with Crippen molar-refractivity contribution in [2.45, 2.75) is 37.9 Å². The molecule has 15 heavy (non-hydrogen) atoms. The van der Waals surface area contributed by atoms with Crippen molar-refractivity contribution in [1.29, 1.82) is 0 Å². The molecule has 1 aliphatic rings. The van der Waals surface area contributed by atoms with E-state index in [0.29, 0.717) is 0 Å². The van der Waals surface area contributed by atoms with Gasteiger partial charge in [-0.1, -0.05) is 0 Å². The van der Waals surface area contributed by atoms with Crippen molar-refractivity contribution in [2.24, 2.45) is 5.92 Å². The molecule has 0 amide bonds. The summed E-state index contributed by atoms with van der Waals surface area (Å²) in [5.41, 5.74) is 0. The van der Waals surface area contributed by atoms with Crippen LogP contribution >= 0.6 is 0 Å². The molecule has 5 atom stereocenters. The third-order valence-electron chi connectivity index (χ3n) is 2.55. The van der Waals surface area contributed by atoms with Crippen LogP contribution in [0.25, 0.3) is 0 Å². The quantitative estimate of drug-likeness (QED) is 0.439. The zero-order chi connectivity index (χ0) is 11.6. The lowest BCUT2D eigenvalue weighted by Gasteiger charge is -2.39. The van der Waals surface area contributed by atoms with Crippen LogP contribution < -0.4 is 0 Å². The highest BCUT2D eigenvalue weighted by atomic mass is 16.6. The molecule has 4 N–H and O–H groups in total. The Balaban J connectivity index is 2.70. The van der Waals surface area contributed by atoms with Gasteiger partial charge in [-0.05, 0) is 6.92 Å². The summed E-state index contributed by atoms with van der Waals surface area (Å²) in [6.45, 7) is 0.825. The van der Waals surface area contributed by atoms with Crippen LogP contribution in [-0.4, -0.2) is 57.4 Å². The van der Waals surface area contributed by atoms with E-state index in [2.05, 4.69) is 0 Å². The summed E-state index contributed by atoms with van der Waals surface area (Å²) in [6.07, 6.45) is -4.99. The molecule has 0 bridgehead atoms. The average molecular weight is 220 g/mol. The minimum Gasteiger partial charge on any atom is -0.394 e. The van der Waals surface area contributed by atoms with Crippen LogP contribution in [0.3, 0.4) is 0 Å². The number of carbonyl (C=O) groups is 1.